The Morgan fingerprint density at radius 1 is 0.929 bits per heavy atom. The quantitative estimate of drug-likeness (QED) is 0.843. The largest absolute Gasteiger partial charge is 0.496 e. The zero-order chi connectivity index (χ0) is 20.5. The third-order valence-electron chi connectivity index (χ3n) is 5.41. The second-order valence-corrected chi connectivity index (χ2v) is 8.88. The zero-order valence-corrected chi connectivity index (χ0v) is 18.0. The van der Waals surface area contributed by atoms with E-state index >= 15 is 0 Å². The van der Waals surface area contributed by atoms with E-state index in [2.05, 4.69) is 55.2 Å². The number of nitrogens with one attached hydrogen (secondary N) is 1. The van der Waals surface area contributed by atoms with Crippen LogP contribution in [0.3, 0.4) is 0 Å². The van der Waals surface area contributed by atoms with Crippen LogP contribution in [0.1, 0.15) is 40.5 Å². The van der Waals surface area contributed by atoms with Crippen molar-refractivity contribution in [1.82, 2.24) is 15.5 Å². The normalized spacial score (nSPS) is 18.5. The maximum atomic E-state index is 5.50. The second-order valence-electron chi connectivity index (χ2n) is 8.88. The maximum Gasteiger partial charge on any atom is 0.151 e. The molecule has 0 atom stereocenters. The van der Waals surface area contributed by atoms with Crippen molar-refractivity contribution in [1.29, 1.82) is 0 Å². The van der Waals surface area contributed by atoms with Crippen molar-refractivity contribution >= 4 is 5.82 Å². The average Bonchev–Trinajstić information content (AvgIpc) is 2.64. The van der Waals surface area contributed by atoms with Crippen LogP contribution in [0.4, 0.5) is 5.82 Å². The number of nitrogens with zero attached hydrogens (tertiary/aromatic N) is 3. The number of hydrogen-bond acceptors (Lipinski definition) is 6. The molecule has 0 aliphatic carbocycles. The molecule has 0 amide bonds. The fourth-order valence-electron chi connectivity index (χ4n) is 4.48. The lowest BCUT2D eigenvalue weighted by atomic mass is 9.79. The average molecular weight is 385 g/mol. The Hall–Kier alpha value is -2.34. The van der Waals surface area contributed by atoms with Crippen LogP contribution in [-0.4, -0.2) is 48.6 Å². The van der Waals surface area contributed by atoms with Gasteiger partial charge in [-0.1, -0.05) is 6.07 Å². The Bertz CT molecular complexity index is 780. The van der Waals surface area contributed by atoms with Crippen molar-refractivity contribution in [3.63, 3.8) is 0 Å². The zero-order valence-electron chi connectivity index (χ0n) is 18.0. The topological polar surface area (TPSA) is 59.5 Å². The van der Waals surface area contributed by atoms with Crippen molar-refractivity contribution in [2.24, 2.45) is 0 Å². The number of hydrogen-bond donors (Lipinski definition) is 1. The van der Waals surface area contributed by atoms with Gasteiger partial charge >= 0.3 is 0 Å². The molecule has 1 fully saturated rings. The van der Waals surface area contributed by atoms with Gasteiger partial charge in [0.25, 0.3) is 0 Å². The Labute approximate surface area is 168 Å². The standard InChI is InChI=1S/C22H32N4O2/c1-21(2)13-15(14-22(3,4)25-21)26(5)19-12-11-16(23-24-19)20-17(27-6)9-8-10-18(20)28-7/h8-12,15,25H,13-14H2,1-7H3. The number of anilines is 1. The van der Waals surface area contributed by atoms with Gasteiger partial charge in [-0.25, -0.2) is 0 Å². The summed E-state index contributed by atoms with van der Waals surface area (Å²) in [7, 11) is 5.40. The number of aromatic nitrogens is 2. The number of benzene rings is 1. The van der Waals surface area contributed by atoms with E-state index < -0.39 is 0 Å². The molecule has 2 heterocycles. The van der Waals surface area contributed by atoms with Crippen LogP contribution in [0, 0.1) is 0 Å². The molecule has 6 heteroatoms. The smallest absolute Gasteiger partial charge is 0.151 e. The summed E-state index contributed by atoms with van der Waals surface area (Å²) in [5, 5.41) is 12.7. The van der Waals surface area contributed by atoms with Gasteiger partial charge in [-0.3, -0.25) is 0 Å². The minimum absolute atomic E-state index is 0.0822. The molecule has 28 heavy (non-hydrogen) atoms. The summed E-state index contributed by atoms with van der Waals surface area (Å²) in [5.74, 6) is 2.31. The number of piperidine rings is 1. The van der Waals surface area contributed by atoms with Gasteiger partial charge in [-0.2, -0.15) is 0 Å². The molecule has 1 aliphatic heterocycles. The molecular formula is C22H32N4O2. The SMILES string of the molecule is COc1cccc(OC)c1-c1ccc(N(C)C2CC(C)(C)NC(C)(C)C2)nn1. The summed E-state index contributed by atoms with van der Waals surface area (Å²) in [6.07, 6.45) is 2.10. The van der Waals surface area contributed by atoms with Crippen molar-refractivity contribution in [3.8, 4) is 22.8 Å². The van der Waals surface area contributed by atoms with Crippen molar-refractivity contribution in [2.45, 2.75) is 57.7 Å². The van der Waals surface area contributed by atoms with Gasteiger partial charge in [-0.05, 0) is 64.8 Å². The van der Waals surface area contributed by atoms with E-state index in [1.807, 2.05) is 30.3 Å². The highest BCUT2D eigenvalue weighted by Crippen LogP contribution is 2.37. The minimum Gasteiger partial charge on any atom is -0.496 e. The van der Waals surface area contributed by atoms with E-state index in [0.717, 1.165) is 41.4 Å². The molecule has 0 radical (unpaired) electrons. The first-order valence-electron chi connectivity index (χ1n) is 9.73. The summed E-state index contributed by atoms with van der Waals surface area (Å²) in [5.41, 5.74) is 1.72. The molecule has 1 N–H and O–H groups in total. The second kappa shape index (κ2) is 7.59. The highest BCUT2D eigenvalue weighted by atomic mass is 16.5. The van der Waals surface area contributed by atoms with E-state index in [4.69, 9.17) is 9.47 Å². The lowest BCUT2D eigenvalue weighted by Crippen LogP contribution is -2.62. The lowest BCUT2D eigenvalue weighted by molar-refractivity contribution is 0.160. The van der Waals surface area contributed by atoms with Gasteiger partial charge < -0.3 is 19.7 Å². The van der Waals surface area contributed by atoms with E-state index in [1.54, 1.807) is 14.2 Å². The van der Waals surface area contributed by atoms with Crippen molar-refractivity contribution < 1.29 is 9.47 Å². The van der Waals surface area contributed by atoms with Crippen LogP contribution < -0.4 is 19.7 Å². The van der Waals surface area contributed by atoms with E-state index in [0.29, 0.717) is 6.04 Å². The van der Waals surface area contributed by atoms with Crippen LogP contribution in [0.5, 0.6) is 11.5 Å². The molecule has 1 aromatic heterocycles. The molecule has 1 aromatic carbocycles. The molecule has 6 nitrogen and oxygen atoms in total. The Balaban J connectivity index is 1.87. The van der Waals surface area contributed by atoms with Gasteiger partial charge in [-0.15, -0.1) is 10.2 Å². The fourth-order valence-corrected chi connectivity index (χ4v) is 4.48. The summed E-state index contributed by atoms with van der Waals surface area (Å²) in [6.45, 7) is 9.05. The van der Waals surface area contributed by atoms with Gasteiger partial charge in [0.15, 0.2) is 5.82 Å². The predicted molar refractivity (Wildman–Crippen MR) is 113 cm³/mol. The van der Waals surface area contributed by atoms with Gasteiger partial charge in [0.2, 0.25) is 0 Å². The highest BCUT2D eigenvalue weighted by Gasteiger charge is 2.39. The molecule has 1 aliphatic rings. The fraction of sp³-hybridized carbons (Fsp3) is 0.545. The Morgan fingerprint density at radius 3 is 1.96 bits per heavy atom. The van der Waals surface area contributed by atoms with Crippen LogP contribution in [0.15, 0.2) is 30.3 Å². The third-order valence-corrected chi connectivity index (χ3v) is 5.41. The monoisotopic (exact) mass is 384 g/mol. The number of methoxy groups -OCH3 is 2. The van der Waals surface area contributed by atoms with Gasteiger partial charge in [0.05, 0.1) is 19.8 Å². The number of rotatable bonds is 5. The van der Waals surface area contributed by atoms with Crippen LogP contribution in [0.2, 0.25) is 0 Å². The van der Waals surface area contributed by atoms with Crippen molar-refractivity contribution in [2.75, 3.05) is 26.2 Å². The lowest BCUT2D eigenvalue weighted by Gasteiger charge is -2.49. The molecular weight excluding hydrogens is 352 g/mol. The van der Waals surface area contributed by atoms with E-state index in [1.165, 1.54) is 0 Å². The molecule has 0 bridgehead atoms. The number of ether oxygens (including phenoxy) is 2. The van der Waals surface area contributed by atoms with Crippen LogP contribution >= 0.6 is 0 Å². The first kappa shape index (κ1) is 20.4. The van der Waals surface area contributed by atoms with E-state index in [9.17, 15) is 0 Å². The first-order chi connectivity index (χ1) is 13.2. The maximum absolute atomic E-state index is 5.50. The molecule has 0 saturated carbocycles. The highest BCUT2D eigenvalue weighted by molar-refractivity contribution is 5.74. The Morgan fingerprint density at radius 2 is 1.50 bits per heavy atom. The Kier molecular flexibility index (Phi) is 5.53. The summed E-state index contributed by atoms with van der Waals surface area (Å²) in [4.78, 5) is 2.25. The molecule has 0 unspecified atom stereocenters. The predicted octanol–water partition coefficient (Wildman–Crippen LogP) is 3.91. The van der Waals surface area contributed by atoms with Crippen molar-refractivity contribution in [3.05, 3.63) is 30.3 Å². The molecule has 152 valence electrons. The van der Waals surface area contributed by atoms with Crippen LogP contribution in [-0.2, 0) is 0 Å². The molecule has 3 rings (SSSR count). The third kappa shape index (κ3) is 4.22. The van der Waals surface area contributed by atoms with Crippen LogP contribution in [0.25, 0.3) is 11.3 Å². The molecule has 2 aromatic rings. The van der Waals surface area contributed by atoms with Gasteiger partial charge in [0.1, 0.15) is 17.2 Å². The summed E-state index contributed by atoms with van der Waals surface area (Å²) in [6, 6.07) is 10.1. The first-order valence-corrected chi connectivity index (χ1v) is 9.73. The molecule has 1 saturated heterocycles. The van der Waals surface area contributed by atoms with Gasteiger partial charge in [0, 0.05) is 24.2 Å². The summed E-state index contributed by atoms with van der Waals surface area (Å²) < 4.78 is 11.0. The summed E-state index contributed by atoms with van der Waals surface area (Å²) >= 11 is 0. The molecule has 0 spiro atoms. The minimum atomic E-state index is 0.0822. The van der Waals surface area contributed by atoms with E-state index in [-0.39, 0.29) is 11.1 Å².